The summed E-state index contributed by atoms with van der Waals surface area (Å²) in [6, 6.07) is 4.90. The standard InChI is InChI=1S/C19H24N2O6/c1-12-2-5-14(6-3-12)21-17(22)10-25-18(23)9-20-19(24)13-4-7-15-16(8-13)27-11-26-15/h4,7-8,12,14H,2-3,5-6,9-11H2,1H3,(H,20,24)(H,21,22). The summed E-state index contributed by atoms with van der Waals surface area (Å²) in [4.78, 5) is 35.7. The highest BCUT2D eigenvalue weighted by molar-refractivity contribution is 5.96. The van der Waals surface area contributed by atoms with E-state index >= 15 is 0 Å². The first-order valence-electron chi connectivity index (χ1n) is 9.14. The van der Waals surface area contributed by atoms with Crippen molar-refractivity contribution in [1.29, 1.82) is 0 Å². The number of fused-ring (bicyclic) bond motifs is 1. The Labute approximate surface area is 157 Å². The predicted octanol–water partition coefficient (Wildman–Crippen LogP) is 1.38. The quantitative estimate of drug-likeness (QED) is 0.727. The van der Waals surface area contributed by atoms with E-state index in [1.54, 1.807) is 18.2 Å². The maximum atomic E-state index is 12.1. The zero-order valence-corrected chi connectivity index (χ0v) is 15.3. The van der Waals surface area contributed by atoms with Gasteiger partial charge in [0.05, 0.1) is 0 Å². The van der Waals surface area contributed by atoms with E-state index in [1.807, 2.05) is 0 Å². The molecule has 8 nitrogen and oxygen atoms in total. The Bertz CT molecular complexity index is 712. The van der Waals surface area contributed by atoms with Gasteiger partial charge in [0, 0.05) is 11.6 Å². The maximum Gasteiger partial charge on any atom is 0.325 e. The molecule has 2 aliphatic rings. The smallest absolute Gasteiger partial charge is 0.325 e. The second-order valence-corrected chi connectivity index (χ2v) is 6.94. The summed E-state index contributed by atoms with van der Waals surface area (Å²) in [6.07, 6.45) is 4.09. The van der Waals surface area contributed by atoms with E-state index in [0.29, 0.717) is 23.0 Å². The summed E-state index contributed by atoms with van der Waals surface area (Å²) in [6.45, 7) is 1.67. The van der Waals surface area contributed by atoms with Crippen LogP contribution >= 0.6 is 0 Å². The number of hydrogen-bond donors (Lipinski definition) is 2. The molecule has 0 bridgehead atoms. The molecule has 8 heteroatoms. The molecule has 1 aromatic carbocycles. The van der Waals surface area contributed by atoms with Gasteiger partial charge in [-0.05, 0) is 49.8 Å². The van der Waals surface area contributed by atoms with Crippen molar-refractivity contribution in [3.05, 3.63) is 23.8 Å². The average molecular weight is 376 g/mol. The number of ether oxygens (including phenoxy) is 3. The van der Waals surface area contributed by atoms with E-state index < -0.39 is 11.9 Å². The molecule has 3 rings (SSSR count). The highest BCUT2D eigenvalue weighted by Gasteiger charge is 2.20. The van der Waals surface area contributed by atoms with Gasteiger partial charge in [-0.15, -0.1) is 0 Å². The first-order valence-corrected chi connectivity index (χ1v) is 9.14. The minimum atomic E-state index is -0.670. The van der Waals surface area contributed by atoms with Crippen LogP contribution in [0, 0.1) is 5.92 Å². The van der Waals surface area contributed by atoms with Crippen LogP contribution in [0.2, 0.25) is 0 Å². The van der Waals surface area contributed by atoms with Crippen molar-refractivity contribution >= 4 is 17.8 Å². The number of carbonyl (C=O) groups is 3. The molecule has 146 valence electrons. The lowest BCUT2D eigenvalue weighted by Crippen LogP contribution is -2.40. The minimum absolute atomic E-state index is 0.120. The summed E-state index contributed by atoms with van der Waals surface area (Å²) in [5.74, 6) is 0.334. The van der Waals surface area contributed by atoms with E-state index in [9.17, 15) is 14.4 Å². The molecule has 1 saturated carbocycles. The van der Waals surface area contributed by atoms with Gasteiger partial charge in [0.25, 0.3) is 11.8 Å². The van der Waals surface area contributed by atoms with Gasteiger partial charge in [-0.1, -0.05) is 6.92 Å². The van der Waals surface area contributed by atoms with Gasteiger partial charge in [-0.2, -0.15) is 0 Å². The molecule has 0 spiro atoms. The fourth-order valence-electron chi connectivity index (χ4n) is 3.16. The minimum Gasteiger partial charge on any atom is -0.454 e. The van der Waals surface area contributed by atoms with Gasteiger partial charge < -0.3 is 24.8 Å². The summed E-state index contributed by atoms with van der Waals surface area (Å²) >= 11 is 0. The lowest BCUT2D eigenvalue weighted by Gasteiger charge is -2.26. The van der Waals surface area contributed by atoms with Crippen LogP contribution in [0.25, 0.3) is 0 Å². The highest BCUT2D eigenvalue weighted by Crippen LogP contribution is 2.32. The number of benzene rings is 1. The Morgan fingerprint density at radius 2 is 1.85 bits per heavy atom. The van der Waals surface area contributed by atoms with Crippen LogP contribution in [0.3, 0.4) is 0 Å². The number of amides is 2. The molecule has 1 fully saturated rings. The molecule has 0 aromatic heterocycles. The predicted molar refractivity (Wildman–Crippen MR) is 95.4 cm³/mol. The van der Waals surface area contributed by atoms with Crippen LogP contribution in [0.5, 0.6) is 11.5 Å². The third-order valence-corrected chi connectivity index (χ3v) is 4.77. The number of nitrogens with one attached hydrogen (secondary N) is 2. The average Bonchev–Trinajstić information content (AvgIpc) is 3.14. The van der Waals surface area contributed by atoms with Crippen molar-refractivity contribution in [3.8, 4) is 11.5 Å². The molecule has 1 aromatic rings. The molecule has 0 unspecified atom stereocenters. The topological polar surface area (TPSA) is 103 Å². The van der Waals surface area contributed by atoms with Gasteiger partial charge in [0.1, 0.15) is 6.54 Å². The number of rotatable bonds is 6. The normalized spacial score (nSPS) is 20.6. The summed E-state index contributed by atoms with van der Waals surface area (Å²) in [7, 11) is 0. The molecule has 0 atom stereocenters. The van der Waals surface area contributed by atoms with E-state index in [4.69, 9.17) is 14.2 Å². The van der Waals surface area contributed by atoms with Crippen molar-refractivity contribution in [2.75, 3.05) is 19.9 Å². The van der Waals surface area contributed by atoms with Crippen molar-refractivity contribution in [3.63, 3.8) is 0 Å². The summed E-state index contributed by atoms with van der Waals surface area (Å²) in [5, 5.41) is 5.34. The Morgan fingerprint density at radius 1 is 1.11 bits per heavy atom. The highest BCUT2D eigenvalue weighted by atomic mass is 16.7. The maximum absolute atomic E-state index is 12.1. The molecule has 0 radical (unpaired) electrons. The molecule has 1 aliphatic carbocycles. The molecule has 27 heavy (non-hydrogen) atoms. The Kier molecular flexibility index (Phi) is 6.16. The van der Waals surface area contributed by atoms with E-state index in [2.05, 4.69) is 17.6 Å². The van der Waals surface area contributed by atoms with Crippen LogP contribution < -0.4 is 20.1 Å². The Hall–Kier alpha value is -2.77. The van der Waals surface area contributed by atoms with E-state index in [-0.39, 0.29) is 31.9 Å². The zero-order valence-electron chi connectivity index (χ0n) is 15.3. The fourth-order valence-corrected chi connectivity index (χ4v) is 3.16. The Morgan fingerprint density at radius 3 is 2.63 bits per heavy atom. The van der Waals surface area contributed by atoms with Crippen LogP contribution in [0.4, 0.5) is 0 Å². The molecule has 1 heterocycles. The molecular formula is C19H24N2O6. The lowest BCUT2D eigenvalue weighted by molar-refractivity contribution is -0.147. The van der Waals surface area contributed by atoms with Crippen molar-refractivity contribution in [2.45, 2.75) is 38.6 Å². The lowest BCUT2D eigenvalue weighted by atomic mass is 9.87. The summed E-state index contributed by atoms with van der Waals surface area (Å²) < 4.78 is 15.3. The van der Waals surface area contributed by atoms with Gasteiger partial charge in [-0.3, -0.25) is 14.4 Å². The van der Waals surface area contributed by atoms with Crippen molar-refractivity contribution < 1.29 is 28.6 Å². The van der Waals surface area contributed by atoms with Gasteiger partial charge >= 0.3 is 5.97 Å². The zero-order chi connectivity index (χ0) is 19.2. The molecule has 1 aliphatic heterocycles. The van der Waals surface area contributed by atoms with Crippen molar-refractivity contribution in [1.82, 2.24) is 10.6 Å². The monoisotopic (exact) mass is 376 g/mol. The van der Waals surface area contributed by atoms with Gasteiger partial charge in [-0.25, -0.2) is 0 Å². The summed E-state index contributed by atoms with van der Waals surface area (Å²) in [5.41, 5.74) is 0.344. The largest absolute Gasteiger partial charge is 0.454 e. The fraction of sp³-hybridized carbons (Fsp3) is 0.526. The first kappa shape index (κ1) is 19.0. The van der Waals surface area contributed by atoms with Crippen LogP contribution in [0.15, 0.2) is 18.2 Å². The van der Waals surface area contributed by atoms with Gasteiger partial charge in [0.15, 0.2) is 18.1 Å². The third kappa shape index (κ3) is 5.35. The first-order chi connectivity index (χ1) is 13.0. The van der Waals surface area contributed by atoms with Crippen LogP contribution in [0.1, 0.15) is 43.0 Å². The molecular weight excluding hydrogens is 352 g/mol. The second kappa shape index (κ2) is 8.75. The number of carbonyl (C=O) groups excluding carboxylic acids is 3. The molecule has 2 amide bonds. The van der Waals surface area contributed by atoms with Gasteiger partial charge in [0.2, 0.25) is 6.79 Å². The number of esters is 1. The van der Waals surface area contributed by atoms with Crippen molar-refractivity contribution in [2.24, 2.45) is 5.92 Å². The van der Waals surface area contributed by atoms with E-state index in [1.165, 1.54) is 0 Å². The number of hydrogen-bond acceptors (Lipinski definition) is 6. The van der Waals surface area contributed by atoms with E-state index in [0.717, 1.165) is 25.7 Å². The Balaban J connectivity index is 1.35. The molecule has 0 saturated heterocycles. The van der Waals surface area contributed by atoms with Crippen LogP contribution in [-0.2, 0) is 14.3 Å². The molecule has 2 N–H and O–H groups in total. The SMILES string of the molecule is CC1CCC(NC(=O)COC(=O)CNC(=O)c2ccc3c(c2)OCO3)CC1. The van der Waals surface area contributed by atoms with Crippen LogP contribution in [-0.4, -0.2) is 43.8 Å². The second-order valence-electron chi connectivity index (χ2n) is 6.94. The third-order valence-electron chi connectivity index (χ3n) is 4.77.